The first-order chi connectivity index (χ1) is 13.5. The first-order valence-electron chi connectivity index (χ1n) is 11.4. The molecule has 0 spiro atoms. The summed E-state index contributed by atoms with van der Waals surface area (Å²) < 4.78 is 0. The van der Waals surface area contributed by atoms with Crippen molar-refractivity contribution in [2.45, 2.75) is 107 Å². The summed E-state index contributed by atoms with van der Waals surface area (Å²) in [6.07, 6.45) is 9.94. The average molecular weight is 417 g/mol. The summed E-state index contributed by atoms with van der Waals surface area (Å²) in [5.74, 6) is 1.72. The lowest BCUT2D eigenvalue weighted by Gasteiger charge is -2.32. The van der Waals surface area contributed by atoms with Gasteiger partial charge in [-0.15, -0.1) is 0 Å². The van der Waals surface area contributed by atoms with E-state index >= 15 is 0 Å². The van der Waals surface area contributed by atoms with E-state index in [-0.39, 0.29) is 22.0 Å². The van der Waals surface area contributed by atoms with Gasteiger partial charge < -0.3 is 0 Å². The van der Waals surface area contributed by atoms with Gasteiger partial charge in [-0.2, -0.15) is 0 Å². The number of rotatable bonds is 0. The van der Waals surface area contributed by atoms with E-state index in [0.717, 1.165) is 19.3 Å². The van der Waals surface area contributed by atoms with Crippen molar-refractivity contribution in [1.82, 2.24) is 0 Å². The lowest BCUT2D eigenvalue weighted by Crippen LogP contribution is -2.27. The molecule has 170 valence electrons. The quantitative estimate of drug-likeness (QED) is 0.398. The Morgan fingerprint density at radius 1 is 0.767 bits per heavy atom. The zero-order chi connectivity index (χ0) is 23.3. The van der Waals surface area contributed by atoms with Crippen LogP contribution < -0.4 is 0 Å². The van der Waals surface area contributed by atoms with Gasteiger partial charge in [0.05, 0.1) is 0 Å². The zero-order valence-corrected chi connectivity index (χ0v) is 20.9. The first-order valence-corrected chi connectivity index (χ1v) is 11.4. The highest BCUT2D eigenvalue weighted by molar-refractivity contribution is 5.91. The summed E-state index contributed by atoms with van der Waals surface area (Å²) in [5.41, 5.74) is 3.03. The van der Waals surface area contributed by atoms with Crippen LogP contribution in [0.2, 0.25) is 0 Å². The van der Waals surface area contributed by atoms with Gasteiger partial charge in [-0.05, 0) is 54.9 Å². The molecule has 3 aliphatic rings. The van der Waals surface area contributed by atoms with E-state index in [1.807, 2.05) is 13.8 Å². The molecule has 0 N–H and O–H groups in total. The van der Waals surface area contributed by atoms with Crippen molar-refractivity contribution in [3.8, 4) is 0 Å². The molecule has 0 saturated heterocycles. The van der Waals surface area contributed by atoms with Crippen LogP contribution in [0.15, 0.2) is 23.3 Å². The van der Waals surface area contributed by atoms with Crippen molar-refractivity contribution in [3.05, 3.63) is 23.3 Å². The van der Waals surface area contributed by atoms with Gasteiger partial charge in [-0.3, -0.25) is 14.4 Å². The molecule has 1 atom stereocenters. The van der Waals surface area contributed by atoms with Crippen LogP contribution in [0, 0.1) is 22.2 Å². The molecule has 3 heteroatoms. The van der Waals surface area contributed by atoms with Crippen LogP contribution in [0.25, 0.3) is 0 Å². The molecule has 0 aromatic rings. The smallest absolute Gasteiger partial charge is 0.156 e. The molecular formula is C27H44O3. The monoisotopic (exact) mass is 416 g/mol. The van der Waals surface area contributed by atoms with Crippen LogP contribution in [0.5, 0.6) is 0 Å². The zero-order valence-electron chi connectivity index (χ0n) is 20.9. The highest BCUT2D eigenvalue weighted by Gasteiger charge is 2.30. The van der Waals surface area contributed by atoms with Crippen molar-refractivity contribution in [2.24, 2.45) is 22.2 Å². The molecule has 0 aliphatic heterocycles. The van der Waals surface area contributed by atoms with E-state index in [0.29, 0.717) is 36.7 Å². The van der Waals surface area contributed by atoms with E-state index in [9.17, 15) is 14.4 Å². The molecule has 0 bridgehead atoms. The third kappa shape index (κ3) is 10.5. The van der Waals surface area contributed by atoms with Gasteiger partial charge in [-0.25, -0.2) is 0 Å². The number of carbonyl (C=O) groups excluding carboxylic acids is 3. The highest BCUT2D eigenvalue weighted by atomic mass is 16.1. The molecule has 30 heavy (non-hydrogen) atoms. The second kappa shape index (κ2) is 10.2. The van der Waals surface area contributed by atoms with E-state index in [1.54, 1.807) is 6.08 Å². The van der Waals surface area contributed by atoms with Crippen LogP contribution in [-0.4, -0.2) is 17.3 Å². The summed E-state index contributed by atoms with van der Waals surface area (Å²) in [6.45, 7) is 19.1. The second-order valence-corrected chi connectivity index (χ2v) is 12.2. The number of ketones is 3. The minimum atomic E-state index is 0.111. The highest BCUT2D eigenvalue weighted by Crippen LogP contribution is 2.36. The van der Waals surface area contributed by atoms with E-state index in [4.69, 9.17) is 0 Å². The Hall–Kier alpha value is -1.51. The molecule has 3 rings (SSSR count). The van der Waals surface area contributed by atoms with Crippen molar-refractivity contribution in [3.63, 3.8) is 0 Å². The minimum Gasteiger partial charge on any atom is -0.300 e. The van der Waals surface area contributed by atoms with Gasteiger partial charge in [0.1, 0.15) is 11.6 Å². The van der Waals surface area contributed by atoms with Crippen molar-refractivity contribution in [2.75, 3.05) is 0 Å². The number of hydrogen-bond donors (Lipinski definition) is 0. The number of carbonyl (C=O) groups is 3. The molecule has 1 unspecified atom stereocenters. The van der Waals surface area contributed by atoms with E-state index in [1.165, 1.54) is 17.6 Å². The SMILES string of the molecule is CC1=CC(=O)CC(C)(C)C1.CC1=CC(C)(C)CC(=O)C1.CC1CC(=O)CC(C)(C)C1. The predicted molar refractivity (Wildman–Crippen MR) is 125 cm³/mol. The fourth-order valence-corrected chi connectivity index (χ4v) is 5.40. The van der Waals surface area contributed by atoms with E-state index in [2.05, 4.69) is 54.5 Å². The normalized spacial score (nSPS) is 27.0. The molecule has 1 fully saturated rings. The van der Waals surface area contributed by atoms with Crippen LogP contribution in [0.1, 0.15) is 107 Å². The summed E-state index contributed by atoms with van der Waals surface area (Å²) in [4.78, 5) is 33.2. The Kier molecular flexibility index (Phi) is 9.02. The fourth-order valence-electron chi connectivity index (χ4n) is 5.40. The van der Waals surface area contributed by atoms with E-state index < -0.39 is 0 Å². The fraction of sp³-hybridized carbons (Fsp3) is 0.741. The number of allylic oxidation sites excluding steroid dienone is 4. The van der Waals surface area contributed by atoms with Crippen molar-refractivity contribution >= 4 is 17.3 Å². The van der Waals surface area contributed by atoms with Crippen molar-refractivity contribution in [1.29, 1.82) is 0 Å². The molecule has 0 amide bonds. The maximum Gasteiger partial charge on any atom is 0.156 e. The van der Waals surface area contributed by atoms with Gasteiger partial charge in [0.15, 0.2) is 5.78 Å². The van der Waals surface area contributed by atoms with Crippen LogP contribution >= 0.6 is 0 Å². The van der Waals surface area contributed by atoms with Crippen molar-refractivity contribution < 1.29 is 14.4 Å². The van der Waals surface area contributed by atoms with Gasteiger partial charge >= 0.3 is 0 Å². The Labute approximate surface area is 184 Å². The van der Waals surface area contributed by atoms with Gasteiger partial charge in [0.25, 0.3) is 0 Å². The topological polar surface area (TPSA) is 51.2 Å². The van der Waals surface area contributed by atoms with Crippen LogP contribution in [-0.2, 0) is 14.4 Å². The summed E-state index contributed by atoms with van der Waals surface area (Å²) in [6, 6.07) is 0. The summed E-state index contributed by atoms with van der Waals surface area (Å²) in [7, 11) is 0. The molecule has 0 radical (unpaired) electrons. The Morgan fingerprint density at radius 3 is 1.77 bits per heavy atom. The van der Waals surface area contributed by atoms with Gasteiger partial charge in [0, 0.05) is 32.1 Å². The lowest BCUT2D eigenvalue weighted by molar-refractivity contribution is -0.124. The first kappa shape index (κ1) is 26.5. The molecular weight excluding hydrogens is 372 g/mol. The molecule has 0 aromatic heterocycles. The maximum atomic E-state index is 11.1. The number of Topliss-reactive ketones (excluding diaryl/α,β-unsaturated/α-hetero) is 2. The van der Waals surface area contributed by atoms with Crippen LogP contribution in [0.3, 0.4) is 0 Å². The Balaban J connectivity index is 0.000000225. The standard InChI is InChI=1S/C9H16O.2C9H14O/c3*1-7-4-8(10)6-9(2,3)5-7/h7H,4-6H2,1-3H3;5H,4,6H2,1-3H3;4H,5-6H2,1-3H3. The number of hydrogen-bond acceptors (Lipinski definition) is 3. The lowest BCUT2D eigenvalue weighted by atomic mass is 9.72. The third-order valence-corrected chi connectivity index (χ3v) is 5.74. The predicted octanol–water partition coefficient (Wildman–Crippen LogP) is 7.05. The Morgan fingerprint density at radius 2 is 1.37 bits per heavy atom. The molecule has 3 aliphatic carbocycles. The Bertz CT molecular complexity index is 716. The average Bonchev–Trinajstić information content (AvgIpc) is 2.39. The third-order valence-electron chi connectivity index (χ3n) is 5.74. The summed E-state index contributed by atoms with van der Waals surface area (Å²) in [5, 5.41) is 0. The van der Waals surface area contributed by atoms with Crippen LogP contribution in [0.4, 0.5) is 0 Å². The minimum absolute atomic E-state index is 0.111. The van der Waals surface area contributed by atoms with Gasteiger partial charge in [0.2, 0.25) is 0 Å². The summed E-state index contributed by atoms with van der Waals surface area (Å²) >= 11 is 0. The molecule has 3 nitrogen and oxygen atoms in total. The second-order valence-electron chi connectivity index (χ2n) is 12.2. The molecule has 0 heterocycles. The van der Waals surface area contributed by atoms with Gasteiger partial charge in [-0.1, -0.05) is 65.7 Å². The maximum absolute atomic E-state index is 11.1. The molecule has 0 aromatic carbocycles. The molecule has 1 saturated carbocycles. The largest absolute Gasteiger partial charge is 0.300 e.